The van der Waals surface area contributed by atoms with E-state index in [0.29, 0.717) is 0 Å². The van der Waals surface area contributed by atoms with Crippen LogP contribution in [0.2, 0.25) is 0 Å². The van der Waals surface area contributed by atoms with E-state index in [2.05, 4.69) is 24.0 Å². The van der Waals surface area contributed by atoms with Crippen molar-refractivity contribution in [1.82, 2.24) is 4.90 Å². The Balaban J connectivity index is 1.75. The fourth-order valence-electron chi connectivity index (χ4n) is 3.06. The van der Waals surface area contributed by atoms with Crippen LogP contribution in [0.25, 0.3) is 0 Å². The molecule has 0 aromatic heterocycles. The Morgan fingerprint density at radius 2 is 2.22 bits per heavy atom. The van der Waals surface area contributed by atoms with Crippen LogP contribution in [-0.2, 0) is 12.8 Å². The third kappa shape index (κ3) is 2.13. The van der Waals surface area contributed by atoms with Gasteiger partial charge >= 0.3 is 0 Å². The molecule has 1 aromatic carbocycles. The van der Waals surface area contributed by atoms with Gasteiger partial charge in [-0.15, -0.1) is 0 Å². The lowest BCUT2D eigenvalue weighted by Crippen LogP contribution is -2.30. The molecule has 1 N–H and O–H groups in total. The lowest BCUT2D eigenvalue weighted by molar-refractivity contribution is 0.0731. The highest BCUT2D eigenvalue weighted by Crippen LogP contribution is 2.32. The average Bonchev–Trinajstić information content (AvgIpc) is 2.97. The number of aliphatic hydroxyl groups excluding tert-OH is 1. The minimum absolute atomic E-state index is 0.0722. The molecule has 18 heavy (non-hydrogen) atoms. The Morgan fingerprint density at radius 1 is 1.33 bits per heavy atom. The van der Waals surface area contributed by atoms with Crippen LogP contribution in [0.15, 0.2) is 18.2 Å². The van der Waals surface area contributed by atoms with E-state index in [1.165, 1.54) is 24.0 Å². The lowest BCUT2D eigenvalue weighted by Gasteiger charge is -2.19. The van der Waals surface area contributed by atoms with Crippen LogP contribution in [0, 0.1) is 0 Å². The Hall–Kier alpha value is -1.06. The van der Waals surface area contributed by atoms with Crippen LogP contribution < -0.4 is 4.74 Å². The van der Waals surface area contributed by atoms with Crippen molar-refractivity contribution in [3.8, 4) is 5.75 Å². The van der Waals surface area contributed by atoms with Gasteiger partial charge in [0, 0.05) is 13.1 Å². The summed E-state index contributed by atoms with van der Waals surface area (Å²) >= 11 is 0. The molecule has 1 aliphatic carbocycles. The van der Waals surface area contributed by atoms with Gasteiger partial charge in [0.25, 0.3) is 0 Å². The molecule has 1 aliphatic heterocycles. The third-order valence-electron chi connectivity index (χ3n) is 4.14. The zero-order valence-corrected chi connectivity index (χ0v) is 10.9. The molecular formula is C15H21NO2. The zero-order valence-electron chi connectivity index (χ0n) is 10.9. The number of β-amino-alcohol motifs (C(OH)–C–C–N with tert-alkyl or cyclic N) is 1. The second-order valence-corrected chi connectivity index (χ2v) is 5.32. The normalized spacial score (nSPS) is 27.4. The fourth-order valence-corrected chi connectivity index (χ4v) is 3.06. The molecule has 3 heteroatoms. The lowest BCUT2D eigenvalue weighted by atomic mass is 10.1. The molecule has 1 fully saturated rings. The van der Waals surface area contributed by atoms with E-state index in [0.717, 1.165) is 31.8 Å². The molecule has 2 unspecified atom stereocenters. The van der Waals surface area contributed by atoms with Crippen LogP contribution in [0.5, 0.6) is 5.75 Å². The van der Waals surface area contributed by atoms with Gasteiger partial charge in [-0.05, 0) is 43.0 Å². The molecule has 2 atom stereocenters. The molecule has 98 valence electrons. The van der Waals surface area contributed by atoms with Crippen molar-refractivity contribution in [1.29, 1.82) is 0 Å². The second-order valence-electron chi connectivity index (χ2n) is 5.32. The molecule has 3 rings (SSSR count). The minimum atomic E-state index is -0.359. The molecule has 0 radical (unpaired) electrons. The van der Waals surface area contributed by atoms with Gasteiger partial charge in [0.2, 0.25) is 0 Å². The van der Waals surface area contributed by atoms with Crippen molar-refractivity contribution in [3.05, 3.63) is 29.3 Å². The van der Waals surface area contributed by atoms with E-state index < -0.39 is 0 Å². The van der Waals surface area contributed by atoms with Gasteiger partial charge < -0.3 is 9.84 Å². The van der Waals surface area contributed by atoms with E-state index in [1.807, 2.05) is 6.07 Å². The highest BCUT2D eigenvalue weighted by molar-refractivity contribution is 5.43. The maximum Gasteiger partial charge on any atom is 0.138 e. The molecule has 1 heterocycles. The number of hydrogen-bond donors (Lipinski definition) is 1. The van der Waals surface area contributed by atoms with Crippen molar-refractivity contribution in [2.75, 3.05) is 19.6 Å². The number of hydrogen-bond acceptors (Lipinski definition) is 3. The molecule has 0 bridgehead atoms. The predicted molar refractivity (Wildman–Crippen MR) is 71.0 cm³/mol. The van der Waals surface area contributed by atoms with Crippen molar-refractivity contribution in [3.63, 3.8) is 0 Å². The first-order valence-electron chi connectivity index (χ1n) is 6.95. The summed E-state index contributed by atoms with van der Waals surface area (Å²) in [7, 11) is 0. The SMILES string of the molecule is CCN1CC(O)C(Oc2cccc3c2CCC3)C1. The number of likely N-dealkylation sites (tertiary alicyclic amines) is 1. The van der Waals surface area contributed by atoms with E-state index >= 15 is 0 Å². The summed E-state index contributed by atoms with van der Waals surface area (Å²) < 4.78 is 6.07. The molecule has 1 saturated heterocycles. The quantitative estimate of drug-likeness (QED) is 0.881. The Labute approximate surface area is 108 Å². The monoisotopic (exact) mass is 247 g/mol. The number of benzene rings is 1. The van der Waals surface area contributed by atoms with Gasteiger partial charge in [-0.25, -0.2) is 0 Å². The first-order valence-corrected chi connectivity index (χ1v) is 6.95. The van der Waals surface area contributed by atoms with Crippen molar-refractivity contribution < 1.29 is 9.84 Å². The Bertz CT molecular complexity index is 433. The summed E-state index contributed by atoms with van der Waals surface area (Å²) in [5.74, 6) is 0.993. The van der Waals surface area contributed by atoms with Gasteiger partial charge in [-0.3, -0.25) is 4.90 Å². The predicted octanol–water partition coefficient (Wildman–Crippen LogP) is 1.62. The average molecular weight is 247 g/mol. The molecule has 0 saturated carbocycles. The van der Waals surface area contributed by atoms with E-state index in [1.54, 1.807) is 0 Å². The highest BCUT2D eigenvalue weighted by atomic mass is 16.5. The van der Waals surface area contributed by atoms with Gasteiger partial charge in [-0.1, -0.05) is 19.1 Å². The highest BCUT2D eigenvalue weighted by Gasteiger charge is 2.32. The van der Waals surface area contributed by atoms with E-state index in [4.69, 9.17) is 4.74 Å². The van der Waals surface area contributed by atoms with Gasteiger partial charge in [0.1, 0.15) is 18.0 Å². The van der Waals surface area contributed by atoms with Crippen LogP contribution in [0.3, 0.4) is 0 Å². The Kier molecular flexibility index (Phi) is 3.27. The summed E-state index contributed by atoms with van der Waals surface area (Å²) in [6.45, 7) is 4.66. The second kappa shape index (κ2) is 4.90. The molecule has 0 amide bonds. The van der Waals surface area contributed by atoms with Crippen LogP contribution >= 0.6 is 0 Å². The topological polar surface area (TPSA) is 32.7 Å². The standard InChI is InChI=1S/C15H21NO2/c1-2-16-9-13(17)15(10-16)18-14-8-4-6-11-5-3-7-12(11)14/h4,6,8,13,15,17H,2-3,5,7,9-10H2,1H3. The maximum absolute atomic E-state index is 10.0. The number of nitrogens with zero attached hydrogens (tertiary/aromatic N) is 1. The molecule has 0 spiro atoms. The molecule has 1 aromatic rings. The van der Waals surface area contributed by atoms with Crippen molar-refractivity contribution in [2.24, 2.45) is 0 Å². The number of likely N-dealkylation sites (N-methyl/N-ethyl adjacent to an activating group) is 1. The summed E-state index contributed by atoms with van der Waals surface area (Å²) in [5.41, 5.74) is 2.78. The van der Waals surface area contributed by atoms with Crippen molar-refractivity contribution in [2.45, 2.75) is 38.4 Å². The zero-order chi connectivity index (χ0) is 12.5. The van der Waals surface area contributed by atoms with E-state index in [9.17, 15) is 5.11 Å². The Morgan fingerprint density at radius 3 is 3.00 bits per heavy atom. The number of fused-ring (bicyclic) bond motifs is 1. The summed E-state index contributed by atoms with van der Waals surface area (Å²) in [4.78, 5) is 2.23. The first kappa shape index (κ1) is 12.0. The van der Waals surface area contributed by atoms with Crippen LogP contribution in [0.4, 0.5) is 0 Å². The fraction of sp³-hybridized carbons (Fsp3) is 0.600. The molecular weight excluding hydrogens is 226 g/mol. The number of ether oxygens (including phenoxy) is 1. The third-order valence-corrected chi connectivity index (χ3v) is 4.14. The molecule has 2 aliphatic rings. The van der Waals surface area contributed by atoms with Crippen molar-refractivity contribution >= 4 is 0 Å². The van der Waals surface area contributed by atoms with Gasteiger partial charge in [0.05, 0.1) is 0 Å². The molecule has 3 nitrogen and oxygen atoms in total. The minimum Gasteiger partial charge on any atom is -0.486 e. The summed E-state index contributed by atoms with van der Waals surface area (Å²) in [6, 6.07) is 6.31. The van der Waals surface area contributed by atoms with Crippen LogP contribution in [-0.4, -0.2) is 41.8 Å². The van der Waals surface area contributed by atoms with Gasteiger partial charge in [0.15, 0.2) is 0 Å². The first-order chi connectivity index (χ1) is 8.78. The number of aryl methyl sites for hydroxylation is 1. The van der Waals surface area contributed by atoms with E-state index in [-0.39, 0.29) is 12.2 Å². The van der Waals surface area contributed by atoms with Gasteiger partial charge in [-0.2, -0.15) is 0 Å². The smallest absolute Gasteiger partial charge is 0.138 e. The van der Waals surface area contributed by atoms with Crippen LogP contribution in [0.1, 0.15) is 24.5 Å². The largest absolute Gasteiger partial charge is 0.486 e. The number of aliphatic hydroxyl groups is 1. The maximum atomic E-state index is 10.0. The number of rotatable bonds is 3. The summed E-state index contributed by atoms with van der Waals surface area (Å²) in [5, 5.41) is 10.0. The summed E-state index contributed by atoms with van der Waals surface area (Å²) in [6.07, 6.45) is 3.08.